The lowest BCUT2D eigenvalue weighted by molar-refractivity contribution is 0.475. The number of epoxide rings is 1. The fourth-order valence-electron chi connectivity index (χ4n) is 1.11. The van der Waals surface area contributed by atoms with Crippen LogP contribution in [0.4, 0.5) is 0 Å². The van der Waals surface area contributed by atoms with Crippen LogP contribution in [0.25, 0.3) is 0 Å². The first kappa shape index (κ1) is 10.7. The van der Waals surface area contributed by atoms with Gasteiger partial charge >= 0.3 is 0 Å². The Hall–Kier alpha value is -1.80. The molecule has 0 radical (unpaired) electrons. The first-order valence-electron chi connectivity index (χ1n) is 5.31. The van der Waals surface area contributed by atoms with Crippen molar-refractivity contribution in [3.05, 3.63) is 60.7 Å². The van der Waals surface area contributed by atoms with Gasteiger partial charge in [-0.1, -0.05) is 36.4 Å². The smallest absolute Gasteiger partial charge is 0.127 e. The Kier molecular flexibility index (Phi) is 3.97. The molecule has 0 amide bonds. The van der Waals surface area contributed by atoms with Crippen LogP contribution in [0.3, 0.4) is 0 Å². The largest absolute Gasteiger partial charge is 0.457 e. The molecule has 0 aromatic heterocycles. The lowest BCUT2D eigenvalue weighted by Crippen LogP contribution is -1.81. The quantitative estimate of drug-likeness (QED) is 0.714. The third kappa shape index (κ3) is 4.15. The van der Waals surface area contributed by atoms with Gasteiger partial charge in [0, 0.05) is 0 Å². The van der Waals surface area contributed by atoms with Crippen molar-refractivity contribution >= 4 is 0 Å². The Balaban J connectivity index is 0.000000278. The highest BCUT2D eigenvalue weighted by Crippen LogP contribution is 2.19. The van der Waals surface area contributed by atoms with Crippen LogP contribution in [0.15, 0.2) is 60.7 Å². The second kappa shape index (κ2) is 5.93. The Morgan fingerprint density at radius 3 is 1.38 bits per heavy atom. The molecule has 0 spiro atoms. The molecule has 1 heterocycles. The number of benzene rings is 2. The number of hydrogen-bond donors (Lipinski definition) is 0. The summed E-state index contributed by atoms with van der Waals surface area (Å²) in [5.74, 6) is 1.74. The summed E-state index contributed by atoms with van der Waals surface area (Å²) in [5.41, 5.74) is 0. The highest BCUT2D eigenvalue weighted by atomic mass is 16.6. The number of rotatable bonds is 2. The zero-order chi connectivity index (χ0) is 11.1. The van der Waals surface area contributed by atoms with Gasteiger partial charge in [-0.15, -0.1) is 0 Å². The van der Waals surface area contributed by atoms with Crippen molar-refractivity contribution in [2.75, 3.05) is 13.2 Å². The van der Waals surface area contributed by atoms with Gasteiger partial charge in [0.2, 0.25) is 0 Å². The zero-order valence-corrected chi connectivity index (χ0v) is 9.00. The predicted octanol–water partition coefficient (Wildman–Crippen LogP) is 3.50. The maximum absolute atomic E-state index is 5.58. The van der Waals surface area contributed by atoms with Gasteiger partial charge in [0.1, 0.15) is 11.5 Å². The molecule has 16 heavy (non-hydrogen) atoms. The molecule has 0 saturated carbocycles. The monoisotopic (exact) mass is 214 g/mol. The van der Waals surface area contributed by atoms with E-state index in [1.54, 1.807) is 0 Å². The fourth-order valence-corrected chi connectivity index (χ4v) is 1.11. The summed E-state index contributed by atoms with van der Waals surface area (Å²) in [6, 6.07) is 19.5. The molecule has 1 fully saturated rings. The highest BCUT2D eigenvalue weighted by Gasteiger charge is 1.94. The van der Waals surface area contributed by atoms with Crippen LogP contribution >= 0.6 is 0 Å². The Morgan fingerprint density at radius 2 is 1.06 bits per heavy atom. The third-order valence-electron chi connectivity index (χ3n) is 1.93. The van der Waals surface area contributed by atoms with Gasteiger partial charge in [0.15, 0.2) is 0 Å². The van der Waals surface area contributed by atoms with E-state index in [1.807, 2.05) is 60.7 Å². The molecule has 82 valence electrons. The van der Waals surface area contributed by atoms with Crippen molar-refractivity contribution in [2.24, 2.45) is 0 Å². The van der Waals surface area contributed by atoms with Crippen LogP contribution in [0.5, 0.6) is 11.5 Å². The molecule has 0 unspecified atom stereocenters. The van der Waals surface area contributed by atoms with Crippen LogP contribution in [0.1, 0.15) is 0 Å². The maximum atomic E-state index is 5.58. The Bertz CT molecular complexity index is 355. The summed E-state index contributed by atoms with van der Waals surface area (Å²) in [6.07, 6.45) is 0. The standard InChI is InChI=1S/C12H10O.C2H4O/c1-3-7-11(8-4-1)13-12-9-5-2-6-10-12;1-2-3-1/h1-10H;1-2H2. The molecule has 2 aromatic carbocycles. The molecule has 1 aliphatic heterocycles. The van der Waals surface area contributed by atoms with E-state index in [1.165, 1.54) is 0 Å². The number of ether oxygens (including phenoxy) is 2. The molecule has 2 aromatic rings. The van der Waals surface area contributed by atoms with Gasteiger partial charge in [-0.3, -0.25) is 0 Å². The van der Waals surface area contributed by atoms with Crippen molar-refractivity contribution in [1.29, 1.82) is 0 Å². The molecule has 3 rings (SSSR count). The predicted molar refractivity (Wildman–Crippen MR) is 63.8 cm³/mol. The normalized spacial score (nSPS) is 12.2. The van der Waals surface area contributed by atoms with Gasteiger partial charge in [-0.2, -0.15) is 0 Å². The average Bonchev–Trinajstić information content (AvgIpc) is 3.19. The lowest BCUT2D eigenvalue weighted by atomic mass is 10.3. The van der Waals surface area contributed by atoms with Gasteiger partial charge in [-0.05, 0) is 24.3 Å². The summed E-state index contributed by atoms with van der Waals surface area (Å²) >= 11 is 0. The Labute approximate surface area is 95.4 Å². The molecule has 0 atom stereocenters. The molecule has 0 bridgehead atoms. The van der Waals surface area contributed by atoms with Crippen LogP contribution < -0.4 is 4.74 Å². The van der Waals surface area contributed by atoms with E-state index in [0.717, 1.165) is 24.7 Å². The Morgan fingerprint density at radius 1 is 0.688 bits per heavy atom. The van der Waals surface area contributed by atoms with Gasteiger partial charge in [-0.25, -0.2) is 0 Å². The summed E-state index contributed by atoms with van der Waals surface area (Å²) in [7, 11) is 0. The van der Waals surface area contributed by atoms with E-state index < -0.39 is 0 Å². The van der Waals surface area contributed by atoms with Crippen LogP contribution in [0.2, 0.25) is 0 Å². The van der Waals surface area contributed by atoms with Crippen molar-refractivity contribution in [3.8, 4) is 11.5 Å². The van der Waals surface area contributed by atoms with Crippen molar-refractivity contribution in [3.63, 3.8) is 0 Å². The van der Waals surface area contributed by atoms with Gasteiger partial charge in [0.05, 0.1) is 13.2 Å². The van der Waals surface area contributed by atoms with Crippen LogP contribution in [-0.4, -0.2) is 13.2 Å². The molecule has 1 aliphatic rings. The van der Waals surface area contributed by atoms with E-state index >= 15 is 0 Å². The van der Waals surface area contributed by atoms with Crippen molar-refractivity contribution < 1.29 is 9.47 Å². The second-order valence-electron chi connectivity index (χ2n) is 3.34. The molecule has 0 aliphatic carbocycles. The summed E-state index contributed by atoms with van der Waals surface area (Å²) < 4.78 is 10.1. The lowest BCUT2D eigenvalue weighted by Gasteiger charge is -2.03. The molecule has 2 heteroatoms. The maximum Gasteiger partial charge on any atom is 0.127 e. The minimum Gasteiger partial charge on any atom is -0.457 e. The van der Waals surface area contributed by atoms with E-state index in [2.05, 4.69) is 4.74 Å². The molecule has 1 saturated heterocycles. The molecule has 0 N–H and O–H groups in total. The summed E-state index contributed by atoms with van der Waals surface area (Å²) in [5, 5.41) is 0. The molecular formula is C14H14O2. The average molecular weight is 214 g/mol. The van der Waals surface area contributed by atoms with Crippen molar-refractivity contribution in [1.82, 2.24) is 0 Å². The fraction of sp³-hybridized carbons (Fsp3) is 0.143. The van der Waals surface area contributed by atoms with E-state index in [4.69, 9.17) is 4.74 Å². The molecular weight excluding hydrogens is 200 g/mol. The van der Waals surface area contributed by atoms with Gasteiger partial charge < -0.3 is 9.47 Å². The topological polar surface area (TPSA) is 21.8 Å². The second-order valence-corrected chi connectivity index (χ2v) is 3.34. The highest BCUT2D eigenvalue weighted by molar-refractivity contribution is 5.30. The van der Waals surface area contributed by atoms with Crippen molar-refractivity contribution in [2.45, 2.75) is 0 Å². The van der Waals surface area contributed by atoms with E-state index in [9.17, 15) is 0 Å². The third-order valence-corrected chi connectivity index (χ3v) is 1.93. The van der Waals surface area contributed by atoms with Crippen LogP contribution in [0, 0.1) is 0 Å². The first-order chi connectivity index (χ1) is 7.95. The SMILES string of the molecule is C1CO1.c1ccc(Oc2ccccc2)cc1. The summed E-state index contributed by atoms with van der Waals surface area (Å²) in [4.78, 5) is 0. The van der Waals surface area contributed by atoms with Gasteiger partial charge in [0.25, 0.3) is 0 Å². The first-order valence-corrected chi connectivity index (χ1v) is 5.31. The minimum absolute atomic E-state index is 0.869. The number of hydrogen-bond acceptors (Lipinski definition) is 2. The van der Waals surface area contributed by atoms with Crippen LogP contribution in [-0.2, 0) is 4.74 Å². The zero-order valence-electron chi connectivity index (χ0n) is 9.00. The summed E-state index contributed by atoms with van der Waals surface area (Å²) in [6.45, 7) is 2.00. The van der Waals surface area contributed by atoms with E-state index in [-0.39, 0.29) is 0 Å². The number of para-hydroxylation sites is 2. The van der Waals surface area contributed by atoms with E-state index in [0.29, 0.717) is 0 Å². The molecule has 2 nitrogen and oxygen atoms in total. The minimum atomic E-state index is 0.869.